The largest absolute Gasteiger partial charge is 0.507 e. The van der Waals surface area contributed by atoms with Gasteiger partial charge in [0.1, 0.15) is 5.75 Å². The molecule has 2 rings (SSSR count). The second-order valence-electron chi connectivity index (χ2n) is 10.1. The second kappa shape index (κ2) is 10.2. The van der Waals surface area contributed by atoms with Crippen LogP contribution in [-0.4, -0.2) is 16.7 Å². The highest BCUT2D eigenvalue weighted by Gasteiger charge is 2.26. The molecule has 1 N–H and O–H groups in total. The zero-order valence-corrected chi connectivity index (χ0v) is 19.2. The van der Waals surface area contributed by atoms with Crippen molar-refractivity contribution >= 4 is 0 Å². The number of hydrogen-bond donors (Lipinski definition) is 1. The summed E-state index contributed by atoms with van der Waals surface area (Å²) >= 11 is 0. The summed E-state index contributed by atoms with van der Waals surface area (Å²) in [5.74, 6) is 0.433. The lowest BCUT2D eigenvalue weighted by Gasteiger charge is -2.28. The molecule has 0 radical (unpaired) electrons. The van der Waals surface area contributed by atoms with Crippen LogP contribution in [0.2, 0.25) is 0 Å². The van der Waals surface area contributed by atoms with Crippen molar-refractivity contribution in [2.75, 3.05) is 6.61 Å². The van der Waals surface area contributed by atoms with E-state index in [-0.39, 0.29) is 10.8 Å². The highest BCUT2D eigenvalue weighted by Crippen LogP contribution is 2.39. The maximum atomic E-state index is 10.8. The fourth-order valence-electron chi connectivity index (χ4n) is 3.54. The van der Waals surface area contributed by atoms with E-state index in [4.69, 9.17) is 4.74 Å². The topological polar surface area (TPSA) is 42.4 Å². The first-order chi connectivity index (χ1) is 13.6. The molecule has 0 amide bonds. The number of ether oxygens (including phenoxy) is 1. The Bertz CT molecular complexity index is 720. The lowest BCUT2D eigenvalue weighted by atomic mass is 9.78. The number of nitrogens with zero attached hydrogens (tertiary/aromatic N) is 1. The van der Waals surface area contributed by atoms with Crippen LogP contribution in [0.5, 0.6) is 5.75 Å². The van der Waals surface area contributed by atoms with Crippen molar-refractivity contribution in [1.29, 1.82) is 0 Å². The van der Waals surface area contributed by atoms with Gasteiger partial charge >= 0.3 is 0 Å². The van der Waals surface area contributed by atoms with E-state index < -0.39 is 0 Å². The average molecular weight is 398 g/mol. The summed E-state index contributed by atoms with van der Waals surface area (Å²) in [6.07, 6.45) is 9.59. The van der Waals surface area contributed by atoms with Gasteiger partial charge in [0.25, 0.3) is 0 Å². The molecular formula is C26H39NO2. The Balaban J connectivity index is 1.81. The van der Waals surface area contributed by atoms with E-state index in [1.54, 1.807) is 0 Å². The van der Waals surface area contributed by atoms with Crippen LogP contribution in [0.25, 0.3) is 0 Å². The Hall–Kier alpha value is -1.87. The Morgan fingerprint density at radius 3 is 2.03 bits per heavy atom. The van der Waals surface area contributed by atoms with Crippen molar-refractivity contribution in [3.63, 3.8) is 0 Å². The molecule has 0 saturated heterocycles. The second-order valence-corrected chi connectivity index (χ2v) is 10.1. The maximum absolute atomic E-state index is 10.8. The van der Waals surface area contributed by atoms with Gasteiger partial charge in [0, 0.05) is 19.0 Å². The summed E-state index contributed by atoms with van der Waals surface area (Å²) in [6.45, 7) is 14.2. The third-order valence-electron chi connectivity index (χ3n) is 5.28. The number of hydrogen-bond acceptors (Lipinski definition) is 3. The summed E-state index contributed by atoms with van der Waals surface area (Å²) in [4.78, 5) is 4.17. The van der Waals surface area contributed by atoms with E-state index in [2.05, 4.69) is 64.7 Å². The molecule has 1 aromatic carbocycles. The number of aromatic hydroxyl groups is 1. The summed E-state index contributed by atoms with van der Waals surface area (Å²) < 4.78 is 5.97. The first kappa shape index (κ1) is 23.4. The molecule has 0 atom stereocenters. The van der Waals surface area contributed by atoms with Crippen LogP contribution in [-0.2, 0) is 28.6 Å². The summed E-state index contributed by atoms with van der Waals surface area (Å²) in [6, 6.07) is 8.37. The Kier molecular flexibility index (Phi) is 8.27. The molecule has 3 heteroatoms. The molecule has 0 aliphatic carbocycles. The zero-order chi connectivity index (χ0) is 21.5. The van der Waals surface area contributed by atoms with Gasteiger partial charge in [0.05, 0.1) is 6.61 Å². The van der Waals surface area contributed by atoms with E-state index in [0.29, 0.717) is 12.4 Å². The highest BCUT2D eigenvalue weighted by molar-refractivity contribution is 5.49. The van der Waals surface area contributed by atoms with Crippen LogP contribution in [0.3, 0.4) is 0 Å². The molecule has 0 aliphatic rings. The van der Waals surface area contributed by atoms with Gasteiger partial charge in [-0.3, -0.25) is 4.98 Å². The van der Waals surface area contributed by atoms with Crippen LogP contribution >= 0.6 is 0 Å². The number of phenols is 1. The molecule has 0 saturated carbocycles. The first-order valence-corrected chi connectivity index (χ1v) is 10.9. The third-order valence-corrected chi connectivity index (χ3v) is 5.28. The molecular weight excluding hydrogens is 358 g/mol. The number of aromatic nitrogens is 1. The number of aryl methyl sites for hydroxylation is 1. The minimum atomic E-state index is -0.103. The number of rotatable bonds is 9. The van der Waals surface area contributed by atoms with Gasteiger partial charge in [-0.15, -0.1) is 0 Å². The van der Waals surface area contributed by atoms with Gasteiger partial charge in [-0.2, -0.15) is 0 Å². The van der Waals surface area contributed by atoms with Gasteiger partial charge in [0.15, 0.2) is 0 Å². The predicted molar refractivity (Wildman–Crippen MR) is 122 cm³/mol. The van der Waals surface area contributed by atoms with Crippen molar-refractivity contribution in [2.45, 2.75) is 91.1 Å². The van der Waals surface area contributed by atoms with Crippen molar-refractivity contribution in [1.82, 2.24) is 4.98 Å². The van der Waals surface area contributed by atoms with E-state index in [1.807, 2.05) is 18.5 Å². The van der Waals surface area contributed by atoms with Crippen molar-refractivity contribution < 1.29 is 9.84 Å². The molecule has 0 fully saturated rings. The van der Waals surface area contributed by atoms with Gasteiger partial charge in [-0.05, 0) is 70.5 Å². The molecule has 0 unspecified atom stereocenters. The zero-order valence-electron chi connectivity index (χ0n) is 19.2. The van der Waals surface area contributed by atoms with E-state index in [0.717, 1.165) is 36.1 Å². The number of pyridine rings is 1. The smallest absolute Gasteiger partial charge is 0.123 e. The average Bonchev–Trinajstić information content (AvgIpc) is 2.64. The fourth-order valence-corrected chi connectivity index (χ4v) is 3.54. The number of phenolic OH excluding ortho intramolecular Hbond substituents is 1. The summed E-state index contributed by atoms with van der Waals surface area (Å²) in [7, 11) is 0. The molecule has 0 bridgehead atoms. The molecule has 3 nitrogen and oxygen atoms in total. The Labute approximate surface area is 177 Å². The predicted octanol–water partition coefficient (Wildman–Crippen LogP) is 6.70. The van der Waals surface area contributed by atoms with Crippen molar-refractivity contribution in [2.24, 2.45) is 0 Å². The van der Waals surface area contributed by atoms with E-state index in [1.165, 1.54) is 24.8 Å². The molecule has 0 spiro atoms. The summed E-state index contributed by atoms with van der Waals surface area (Å²) in [5, 5.41) is 10.8. The molecule has 2 aromatic rings. The number of benzene rings is 1. The van der Waals surface area contributed by atoms with Gasteiger partial charge in [-0.25, -0.2) is 0 Å². The monoisotopic (exact) mass is 397 g/mol. The normalized spacial score (nSPS) is 12.3. The molecule has 1 heterocycles. The molecule has 0 aliphatic heterocycles. The van der Waals surface area contributed by atoms with Crippen LogP contribution in [0.1, 0.15) is 89.5 Å². The maximum Gasteiger partial charge on any atom is 0.123 e. The van der Waals surface area contributed by atoms with Crippen molar-refractivity contribution in [3.05, 3.63) is 58.9 Å². The van der Waals surface area contributed by atoms with E-state index in [9.17, 15) is 5.11 Å². The lowest BCUT2D eigenvalue weighted by Crippen LogP contribution is -2.18. The highest BCUT2D eigenvalue weighted by atomic mass is 16.5. The van der Waals surface area contributed by atoms with Gasteiger partial charge in [0.2, 0.25) is 0 Å². The Morgan fingerprint density at radius 1 is 0.862 bits per heavy atom. The Morgan fingerprint density at radius 2 is 1.48 bits per heavy atom. The quantitative estimate of drug-likeness (QED) is 0.479. The third kappa shape index (κ3) is 7.47. The van der Waals surface area contributed by atoms with Gasteiger partial charge in [-0.1, -0.05) is 60.5 Å². The lowest BCUT2D eigenvalue weighted by molar-refractivity contribution is 0.116. The molecule has 1 aromatic heterocycles. The first-order valence-electron chi connectivity index (χ1n) is 10.9. The standard InChI is InChI=1S/C26H39NO2/c1-25(2,3)22-16-21(17-23(24(22)28)26(4,5)6)19-29-15-10-8-7-9-12-20-13-11-14-27-18-20/h11,13-14,16-18,28H,7-10,12,15,19H2,1-6H3. The van der Waals surface area contributed by atoms with E-state index >= 15 is 0 Å². The van der Waals surface area contributed by atoms with Crippen LogP contribution in [0.15, 0.2) is 36.7 Å². The summed E-state index contributed by atoms with van der Waals surface area (Å²) in [5.41, 5.74) is 4.26. The molecule has 29 heavy (non-hydrogen) atoms. The van der Waals surface area contributed by atoms with Gasteiger partial charge < -0.3 is 9.84 Å². The fraction of sp³-hybridized carbons (Fsp3) is 0.577. The van der Waals surface area contributed by atoms with Crippen molar-refractivity contribution in [3.8, 4) is 5.75 Å². The molecule has 160 valence electrons. The van der Waals surface area contributed by atoms with Crippen LogP contribution in [0.4, 0.5) is 0 Å². The number of unbranched alkanes of at least 4 members (excludes halogenated alkanes) is 3. The minimum Gasteiger partial charge on any atom is -0.507 e. The SMILES string of the molecule is CC(C)(C)c1cc(COCCCCCCc2cccnc2)cc(C(C)(C)C)c1O. The van der Waals surface area contributed by atoms with Crippen LogP contribution < -0.4 is 0 Å². The minimum absolute atomic E-state index is 0.103. The van der Waals surface area contributed by atoms with Crippen LogP contribution in [0, 0.1) is 0 Å².